The van der Waals surface area contributed by atoms with E-state index in [1.54, 1.807) is 6.07 Å². The molecule has 2 heterocycles. The molecule has 0 aromatic heterocycles. The molecular weight excluding hydrogens is 371 g/mol. The largest absolute Gasteiger partial charge is 0.378 e. The van der Waals surface area contributed by atoms with Crippen LogP contribution in [-0.2, 0) is 20.7 Å². The minimum atomic E-state index is -0.404. The minimum Gasteiger partial charge on any atom is -0.378 e. The molecule has 0 unspecified atom stereocenters. The van der Waals surface area contributed by atoms with Crippen molar-refractivity contribution in [2.24, 2.45) is 5.92 Å². The molecule has 0 aliphatic carbocycles. The van der Waals surface area contributed by atoms with E-state index in [-0.39, 0.29) is 23.3 Å². The summed E-state index contributed by atoms with van der Waals surface area (Å²) in [6.07, 6.45) is 3.49. The fourth-order valence-electron chi connectivity index (χ4n) is 3.77. The molecule has 2 amide bonds. The molecule has 2 aliphatic heterocycles. The molecule has 148 valence electrons. The molecule has 0 bridgehead atoms. The van der Waals surface area contributed by atoms with Gasteiger partial charge in [-0.2, -0.15) is 0 Å². The lowest BCUT2D eigenvalue weighted by molar-refractivity contribution is -0.135. The van der Waals surface area contributed by atoms with Crippen LogP contribution < -0.4 is 0 Å². The minimum absolute atomic E-state index is 0.00714. The van der Waals surface area contributed by atoms with E-state index in [0.717, 1.165) is 25.8 Å². The number of carbonyl (C=O) groups is 2. The van der Waals surface area contributed by atoms with Gasteiger partial charge in [0.05, 0.1) is 19.6 Å². The number of rotatable bonds is 5. The van der Waals surface area contributed by atoms with Crippen LogP contribution in [0.1, 0.15) is 31.2 Å². The molecule has 2 saturated heterocycles. The third kappa shape index (κ3) is 5.66. The number of hydrogen-bond donors (Lipinski definition) is 0. The molecule has 3 rings (SSSR count). The smallest absolute Gasteiger partial charge is 0.227 e. The number of morpholine rings is 1. The monoisotopic (exact) mass is 396 g/mol. The second-order valence-corrected chi connectivity index (χ2v) is 7.70. The highest BCUT2D eigenvalue weighted by Crippen LogP contribution is 2.24. The van der Waals surface area contributed by atoms with Crippen molar-refractivity contribution in [2.45, 2.75) is 32.1 Å². The maximum absolute atomic E-state index is 13.2. The number of ether oxygens (including phenoxy) is 1. The van der Waals surface area contributed by atoms with Gasteiger partial charge in [0.25, 0.3) is 0 Å². The SMILES string of the molecule is O=C(CC[C@H]1CCCN(C(=O)Cc2ccc(F)cc2Cl)C1)N1CCOCC1. The molecule has 1 aromatic rings. The van der Waals surface area contributed by atoms with Gasteiger partial charge in [-0.15, -0.1) is 0 Å². The van der Waals surface area contributed by atoms with Crippen molar-refractivity contribution in [3.05, 3.63) is 34.6 Å². The van der Waals surface area contributed by atoms with Crippen LogP contribution in [0.2, 0.25) is 5.02 Å². The first-order valence-electron chi connectivity index (χ1n) is 9.60. The van der Waals surface area contributed by atoms with Crippen LogP contribution in [0.3, 0.4) is 0 Å². The second-order valence-electron chi connectivity index (χ2n) is 7.29. The zero-order valence-electron chi connectivity index (χ0n) is 15.5. The van der Waals surface area contributed by atoms with Gasteiger partial charge in [0, 0.05) is 37.6 Å². The molecule has 0 saturated carbocycles. The summed E-state index contributed by atoms with van der Waals surface area (Å²) in [5, 5.41) is 0.285. The normalized spacial score (nSPS) is 20.6. The first kappa shape index (κ1) is 20.1. The van der Waals surface area contributed by atoms with Crippen molar-refractivity contribution in [3.63, 3.8) is 0 Å². The van der Waals surface area contributed by atoms with Gasteiger partial charge in [-0.25, -0.2) is 4.39 Å². The van der Waals surface area contributed by atoms with Gasteiger partial charge in [-0.1, -0.05) is 17.7 Å². The summed E-state index contributed by atoms with van der Waals surface area (Å²) >= 11 is 6.04. The number of benzene rings is 1. The second kappa shape index (κ2) is 9.51. The number of nitrogens with zero attached hydrogens (tertiary/aromatic N) is 2. The number of piperidine rings is 1. The van der Waals surface area contributed by atoms with Crippen LogP contribution in [0.5, 0.6) is 0 Å². The summed E-state index contributed by atoms with van der Waals surface area (Å²) in [6, 6.07) is 4.13. The lowest BCUT2D eigenvalue weighted by Gasteiger charge is -2.33. The Balaban J connectivity index is 1.48. The summed E-state index contributed by atoms with van der Waals surface area (Å²) in [6.45, 7) is 3.98. The highest BCUT2D eigenvalue weighted by atomic mass is 35.5. The van der Waals surface area contributed by atoms with Crippen molar-refractivity contribution < 1.29 is 18.7 Å². The molecule has 2 fully saturated rings. The first-order valence-corrected chi connectivity index (χ1v) is 9.98. The van der Waals surface area contributed by atoms with Gasteiger partial charge < -0.3 is 14.5 Å². The van der Waals surface area contributed by atoms with E-state index in [4.69, 9.17) is 16.3 Å². The van der Waals surface area contributed by atoms with Gasteiger partial charge in [0.2, 0.25) is 11.8 Å². The Morgan fingerprint density at radius 1 is 1.15 bits per heavy atom. The zero-order chi connectivity index (χ0) is 19.2. The van der Waals surface area contributed by atoms with Crippen LogP contribution in [0.15, 0.2) is 18.2 Å². The van der Waals surface area contributed by atoms with Gasteiger partial charge in [0.15, 0.2) is 0 Å². The van der Waals surface area contributed by atoms with Crippen LogP contribution in [0.4, 0.5) is 4.39 Å². The molecule has 0 radical (unpaired) electrons. The fourth-order valence-corrected chi connectivity index (χ4v) is 4.00. The third-order valence-corrected chi connectivity index (χ3v) is 5.71. The highest BCUT2D eigenvalue weighted by molar-refractivity contribution is 6.31. The van der Waals surface area contributed by atoms with Gasteiger partial charge in [-0.05, 0) is 42.9 Å². The molecule has 5 nitrogen and oxygen atoms in total. The Bertz CT molecular complexity index is 679. The maximum Gasteiger partial charge on any atom is 0.227 e. The molecule has 27 heavy (non-hydrogen) atoms. The quantitative estimate of drug-likeness (QED) is 0.769. The van der Waals surface area contributed by atoms with Gasteiger partial charge in [-0.3, -0.25) is 9.59 Å². The zero-order valence-corrected chi connectivity index (χ0v) is 16.2. The Labute approximate surface area is 164 Å². The summed E-state index contributed by atoms with van der Waals surface area (Å²) < 4.78 is 18.4. The highest BCUT2D eigenvalue weighted by Gasteiger charge is 2.25. The third-order valence-electron chi connectivity index (χ3n) is 5.36. The number of likely N-dealkylation sites (tertiary alicyclic amines) is 1. The van der Waals surface area contributed by atoms with Crippen LogP contribution in [-0.4, -0.2) is 61.0 Å². The molecule has 0 N–H and O–H groups in total. The maximum atomic E-state index is 13.2. The van der Waals surface area contributed by atoms with Crippen LogP contribution in [0.25, 0.3) is 0 Å². The summed E-state index contributed by atoms with van der Waals surface area (Å²) in [4.78, 5) is 28.6. The molecule has 0 spiro atoms. The predicted octanol–water partition coefficient (Wildman–Crippen LogP) is 2.90. The molecule has 1 aromatic carbocycles. The Morgan fingerprint density at radius 3 is 2.67 bits per heavy atom. The lowest BCUT2D eigenvalue weighted by Crippen LogP contribution is -2.42. The van der Waals surface area contributed by atoms with E-state index < -0.39 is 5.82 Å². The lowest BCUT2D eigenvalue weighted by atomic mass is 9.92. The summed E-state index contributed by atoms with van der Waals surface area (Å²) in [5.41, 5.74) is 0.646. The molecule has 1 atom stereocenters. The van der Waals surface area contributed by atoms with E-state index in [0.29, 0.717) is 50.8 Å². The van der Waals surface area contributed by atoms with E-state index in [1.165, 1.54) is 12.1 Å². The van der Waals surface area contributed by atoms with Crippen molar-refractivity contribution in [1.82, 2.24) is 9.80 Å². The standard InChI is InChI=1S/C20H26ClFN2O3/c21-18-13-17(22)5-4-16(18)12-20(26)24-7-1-2-15(14-24)3-6-19(25)23-8-10-27-11-9-23/h4-5,13,15H,1-3,6-12,14H2/t15-/m1/s1. The number of halogens is 2. The topological polar surface area (TPSA) is 49.9 Å². The first-order chi connectivity index (χ1) is 13.0. The van der Waals surface area contributed by atoms with E-state index >= 15 is 0 Å². The number of carbonyl (C=O) groups excluding carboxylic acids is 2. The van der Waals surface area contributed by atoms with E-state index in [1.807, 2.05) is 9.80 Å². The molecule has 2 aliphatic rings. The molecule has 7 heteroatoms. The summed E-state index contributed by atoms with van der Waals surface area (Å²) in [5.74, 6) is 0.128. The molecular formula is C20H26ClFN2O3. The Morgan fingerprint density at radius 2 is 1.93 bits per heavy atom. The predicted molar refractivity (Wildman–Crippen MR) is 101 cm³/mol. The van der Waals surface area contributed by atoms with Gasteiger partial charge >= 0.3 is 0 Å². The summed E-state index contributed by atoms with van der Waals surface area (Å²) in [7, 11) is 0. The van der Waals surface area contributed by atoms with Crippen LogP contribution >= 0.6 is 11.6 Å². The van der Waals surface area contributed by atoms with Crippen molar-refractivity contribution in [1.29, 1.82) is 0 Å². The number of amides is 2. The van der Waals surface area contributed by atoms with Crippen molar-refractivity contribution >= 4 is 23.4 Å². The number of hydrogen-bond acceptors (Lipinski definition) is 3. The fraction of sp³-hybridized carbons (Fsp3) is 0.600. The van der Waals surface area contributed by atoms with Crippen molar-refractivity contribution in [3.8, 4) is 0 Å². The average Bonchev–Trinajstić information content (AvgIpc) is 2.69. The van der Waals surface area contributed by atoms with Gasteiger partial charge in [0.1, 0.15) is 5.82 Å². The van der Waals surface area contributed by atoms with E-state index in [9.17, 15) is 14.0 Å². The van der Waals surface area contributed by atoms with Crippen molar-refractivity contribution in [2.75, 3.05) is 39.4 Å². The van der Waals surface area contributed by atoms with Crippen LogP contribution in [0, 0.1) is 11.7 Å². The Kier molecular flexibility index (Phi) is 7.07. The average molecular weight is 397 g/mol. The van der Waals surface area contributed by atoms with E-state index in [2.05, 4.69) is 0 Å². The Hall–Kier alpha value is -1.66.